The van der Waals surface area contributed by atoms with Crippen LogP contribution < -0.4 is 38.1 Å². The third-order valence-corrected chi connectivity index (χ3v) is 8.40. The van der Waals surface area contributed by atoms with E-state index in [-0.39, 0.29) is 93.2 Å². The van der Waals surface area contributed by atoms with E-state index in [0.717, 1.165) is 12.8 Å². The molecule has 0 saturated carbocycles. The number of amides is 7. The highest BCUT2D eigenvalue weighted by atomic mass is 16.5. The zero-order valence-corrected chi connectivity index (χ0v) is 33.3. The van der Waals surface area contributed by atoms with E-state index in [9.17, 15) is 33.6 Å². The number of carbonyl (C=O) groups excluding carboxylic acids is 7. The lowest BCUT2D eigenvalue weighted by atomic mass is 10.0. The summed E-state index contributed by atoms with van der Waals surface area (Å²) in [6, 6.07) is -0.797. The Kier molecular flexibility index (Phi) is 32.2. The van der Waals surface area contributed by atoms with Crippen LogP contribution in [0.3, 0.4) is 0 Å². The second-order valence-corrected chi connectivity index (χ2v) is 13.3. The molecule has 0 spiro atoms. The van der Waals surface area contributed by atoms with E-state index in [2.05, 4.69) is 26.6 Å². The number of rotatable bonds is 37. The minimum absolute atomic E-state index is 0.0490. The number of carbonyl (C=O) groups is 7. The van der Waals surface area contributed by atoms with Crippen molar-refractivity contribution in [2.24, 2.45) is 23.3 Å². The lowest BCUT2D eigenvalue weighted by Crippen LogP contribution is -2.46. The van der Waals surface area contributed by atoms with Crippen molar-refractivity contribution in [3.8, 4) is 0 Å². The predicted octanol–water partition coefficient (Wildman–Crippen LogP) is -0.0537. The van der Waals surface area contributed by atoms with Gasteiger partial charge in [-0.15, -0.1) is 0 Å². The van der Waals surface area contributed by atoms with Crippen LogP contribution >= 0.6 is 0 Å². The Balaban J connectivity index is 3.81. The van der Waals surface area contributed by atoms with Crippen LogP contribution in [-0.2, 0) is 52.5 Å². The second kappa shape index (κ2) is 34.6. The molecule has 7 amide bonds. The fraction of sp³-hybridized carbons (Fsp3) is 0.811. The largest absolute Gasteiger partial charge is 0.379 e. The zero-order chi connectivity index (χ0) is 41.1. The molecule has 18 heteroatoms. The van der Waals surface area contributed by atoms with Crippen LogP contribution in [-0.4, -0.2) is 126 Å². The van der Waals surface area contributed by atoms with Crippen LogP contribution in [0.25, 0.3) is 0 Å². The molecule has 0 rings (SSSR count). The summed E-state index contributed by atoms with van der Waals surface area (Å²) in [5.74, 6) is -2.51. The molecule has 318 valence electrons. The van der Waals surface area contributed by atoms with Crippen molar-refractivity contribution < 1.29 is 52.5 Å². The predicted molar refractivity (Wildman–Crippen MR) is 205 cm³/mol. The van der Waals surface area contributed by atoms with Crippen molar-refractivity contribution in [3.63, 3.8) is 0 Å². The molecule has 18 nitrogen and oxygen atoms in total. The Labute approximate surface area is 326 Å². The van der Waals surface area contributed by atoms with Gasteiger partial charge in [0.15, 0.2) is 0 Å². The van der Waals surface area contributed by atoms with Crippen molar-refractivity contribution in [3.05, 3.63) is 0 Å². The molecule has 55 heavy (non-hydrogen) atoms. The zero-order valence-electron chi connectivity index (χ0n) is 33.3. The van der Waals surface area contributed by atoms with E-state index in [0.29, 0.717) is 97.4 Å². The third-order valence-electron chi connectivity index (χ3n) is 8.40. The van der Waals surface area contributed by atoms with Gasteiger partial charge in [-0.05, 0) is 58.3 Å². The first-order valence-electron chi connectivity index (χ1n) is 19.6. The molecular formula is C37H69N7O11. The number of nitrogens with two attached hydrogens (primary N) is 2. The van der Waals surface area contributed by atoms with Crippen molar-refractivity contribution >= 4 is 41.4 Å². The smallest absolute Gasteiger partial charge is 0.245 e. The third kappa shape index (κ3) is 32.1. The fourth-order valence-corrected chi connectivity index (χ4v) is 4.94. The Bertz CT molecular complexity index is 1110. The first-order valence-corrected chi connectivity index (χ1v) is 19.6. The topological polar surface area (TPSA) is 269 Å². The lowest BCUT2D eigenvalue weighted by Gasteiger charge is -2.18. The van der Waals surface area contributed by atoms with Gasteiger partial charge in [-0.1, -0.05) is 26.7 Å². The fourth-order valence-electron chi connectivity index (χ4n) is 4.94. The molecular weight excluding hydrogens is 718 g/mol. The van der Waals surface area contributed by atoms with Crippen molar-refractivity contribution in [2.75, 3.05) is 79.0 Å². The second-order valence-electron chi connectivity index (χ2n) is 13.3. The Hall–Kier alpha value is -3.87. The summed E-state index contributed by atoms with van der Waals surface area (Å²) in [6.07, 6.45) is 6.55. The van der Waals surface area contributed by atoms with E-state index in [4.69, 9.17) is 30.4 Å². The standard InChI is InChI=1S/C37H69N7O11/c1-4-52-22-24-54-26-33(47)42-19-10-7-14-30(36(39)50)44-37(51)29(3)13-6-9-17-40-31(45)15-11-16-32(46)43-20-21-53-23-25-55-27-34(48)41-18-8-5-12-28(2)35(38)49/h28-30H,4-27H2,1-3H3,(H2,38,49)(H2,39,50)(H,40,45)(H,41,48)(H,42,47)(H,43,46)(H,44,51)/t28-,29-,30-/m0/s1. The molecule has 0 aliphatic carbocycles. The Morgan fingerprint density at radius 1 is 0.491 bits per heavy atom. The van der Waals surface area contributed by atoms with Crippen LogP contribution in [0, 0.1) is 11.8 Å². The molecule has 0 unspecified atom stereocenters. The Morgan fingerprint density at radius 2 is 0.945 bits per heavy atom. The van der Waals surface area contributed by atoms with Crippen LogP contribution in [0.1, 0.15) is 97.8 Å². The average molecular weight is 788 g/mol. The molecule has 0 fully saturated rings. The van der Waals surface area contributed by atoms with Crippen molar-refractivity contribution in [2.45, 2.75) is 104 Å². The van der Waals surface area contributed by atoms with Gasteiger partial charge in [0.25, 0.3) is 0 Å². The van der Waals surface area contributed by atoms with Gasteiger partial charge < -0.3 is 57.0 Å². The first-order chi connectivity index (χ1) is 26.4. The molecule has 0 saturated heterocycles. The molecule has 0 radical (unpaired) electrons. The Morgan fingerprint density at radius 3 is 1.45 bits per heavy atom. The molecule has 0 aliphatic rings. The van der Waals surface area contributed by atoms with Crippen molar-refractivity contribution in [1.29, 1.82) is 0 Å². The summed E-state index contributed by atoms with van der Waals surface area (Å²) >= 11 is 0. The highest BCUT2D eigenvalue weighted by Gasteiger charge is 2.21. The summed E-state index contributed by atoms with van der Waals surface area (Å²) in [5, 5.41) is 13.8. The van der Waals surface area contributed by atoms with Gasteiger partial charge in [0.05, 0.1) is 33.0 Å². The highest BCUT2D eigenvalue weighted by molar-refractivity contribution is 5.87. The number of ether oxygens (including phenoxy) is 4. The highest BCUT2D eigenvalue weighted by Crippen LogP contribution is 2.10. The molecule has 0 aromatic rings. The molecule has 0 bridgehead atoms. The van der Waals surface area contributed by atoms with Crippen LogP contribution in [0.5, 0.6) is 0 Å². The van der Waals surface area contributed by atoms with E-state index in [1.165, 1.54) is 0 Å². The number of primary amides is 2. The molecule has 0 aromatic heterocycles. The monoisotopic (exact) mass is 788 g/mol. The van der Waals surface area contributed by atoms with Gasteiger partial charge in [0.2, 0.25) is 41.4 Å². The summed E-state index contributed by atoms with van der Waals surface area (Å²) < 4.78 is 21.0. The molecule has 3 atom stereocenters. The normalized spacial score (nSPS) is 12.6. The summed E-state index contributed by atoms with van der Waals surface area (Å²) in [7, 11) is 0. The minimum Gasteiger partial charge on any atom is -0.379 e. The van der Waals surface area contributed by atoms with Crippen LogP contribution in [0.2, 0.25) is 0 Å². The quantitative estimate of drug-likeness (QED) is 0.0410. The molecule has 9 N–H and O–H groups in total. The van der Waals surface area contributed by atoms with E-state index in [1.807, 2.05) is 6.92 Å². The molecule has 0 aliphatic heterocycles. The number of nitrogens with one attached hydrogen (secondary N) is 5. The summed E-state index contributed by atoms with van der Waals surface area (Å²) in [4.78, 5) is 83.3. The van der Waals surface area contributed by atoms with Crippen molar-refractivity contribution in [1.82, 2.24) is 26.6 Å². The lowest BCUT2D eigenvalue weighted by molar-refractivity contribution is -0.129. The summed E-state index contributed by atoms with van der Waals surface area (Å²) in [6.45, 7) is 9.15. The molecule has 0 heterocycles. The van der Waals surface area contributed by atoms with Gasteiger partial charge in [0.1, 0.15) is 19.3 Å². The number of hydrogen-bond acceptors (Lipinski definition) is 11. The minimum atomic E-state index is -0.797. The van der Waals surface area contributed by atoms with E-state index in [1.54, 1.807) is 13.8 Å². The molecule has 0 aromatic carbocycles. The summed E-state index contributed by atoms with van der Waals surface area (Å²) in [5.41, 5.74) is 10.7. The average Bonchev–Trinajstić information content (AvgIpc) is 3.14. The van der Waals surface area contributed by atoms with Crippen LogP contribution in [0.4, 0.5) is 0 Å². The maximum Gasteiger partial charge on any atom is 0.245 e. The SMILES string of the molecule is CCOCCOCC(=O)NCCCC[C@H](NC(=O)[C@@H](C)CCCCNC(=O)CCCC(=O)NCCOCCOCC(=O)NCCCC[C@H](C)C(N)=O)C(N)=O. The first kappa shape index (κ1) is 51.1. The van der Waals surface area contributed by atoms with Gasteiger partial charge in [-0.3, -0.25) is 33.6 Å². The number of hydrogen-bond donors (Lipinski definition) is 7. The van der Waals surface area contributed by atoms with Gasteiger partial charge in [-0.25, -0.2) is 0 Å². The van der Waals surface area contributed by atoms with E-state index < -0.39 is 11.9 Å². The van der Waals surface area contributed by atoms with Crippen LogP contribution in [0.15, 0.2) is 0 Å². The van der Waals surface area contributed by atoms with E-state index >= 15 is 0 Å². The van der Waals surface area contributed by atoms with Gasteiger partial charge in [0, 0.05) is 57.5 Å². The van der Waals surface area contributed by atoms with Gasteiger partial charge in [-0.2, -0.15) is 0 Å². The maximum absolute atomic E-state index is 12.6. The maximum atomic E-state index is 12.6. The number of unbranched alkanes of at least 4 members (excludes halogenated alkanes) is 3. The van der Waals surface area contributed by atoms with Gasteiger partial charge >= 0.3 is 0 Å².